The predicted octanol–water partition coefficient (Wildman–Crippen LogP) is 3.69. The van der Waals surface area contributed by atoms with Gasteiger partial charge in [-0.05, 0) is 42.0 Å². The highest BCUT2D eigenvalue weighted by atomic mass is 35.5. The first-order chi connectivity index (χ1) is 15.6. The first-order valence-electron chi connectivity index (χ1n) is 9.63. The average molecular weight is 458 g/mol. The van der Waals surface area contributed by atoms with Crippen molar-refractivity contribution in [1.82, 2.24) is 4.57 Å². The third kappa shape index (κ3) is 4.40. The second kappa shape index (κ2) is 9.48. The summed E-state index contributed by atoms with van der Waals surface area (Å²) in [5, 5.41) is 13.1. The Bertz CT molecular complexity index is 1500. The Morgan fingerprint density at radius 2 is 1.59 bits per heavy atom. The quantitative estimate of drug-likeness (QED) is 0.507. The van der Waals surface area contributed by atoms with Crippen molar-refractivity contribution in [2.45, 2.75) is 0 Å². The van der Waals surface area contributed by atoms with Gasteiger partial charge in [0.15, 0.2) is 5.57 Å². The fraction of sp³-hybridized carbons (Fsp3) is 0. The van der Waals surface area contributed by atoms with E-state index in [9.17, 15) is 14.9 Å². The summed E-state index contributed by atoms with van der Waals surface area (Å²) in [6.07, 6.45) is 1.67. The number of benzene rings is 3. The number of rotatable bonds is 4. The molecular formula is C25H16ClN3O2S. The zero-order valence-electron chi connectivity index (χ0n) is 16.7. The monoisotopic (exact) mass is 457 g/mol. The number of hydrogen-bond donors (Lipinski definition) is 1. The van der Waals surface area contributed by atoms with Crippen LogP contribution in [0, 0.1) is 11.3 Å². The van der Waals surface area contributed by atoms with Gasteiger partial charge >= 0.3 is 0 Å². The van der Waals surface area contributed by atoms with E-state index in [1.54, 1.807) is 72.8 Å². The molecule has 156 valence electrons. The van der Waals surface area contributed by atoms with Crippen molar-refractivity contribution >= 4 is 46.2 Å². The number of nitriles is 1. The topological polar surface area (TPSA) is 74.9 Å². The maximum atomic E-state index is 13.4. The molecule has 0 aliphatic heterocycles. The minimum Gasteiger partial charge on any atom is -0.321 e. The van der Waals surface area contributed by atoms with Crippen LogP contribution in [-0.4, -0.2) is 10.5 Å². The van der Waals surface area contributed by atoms with Gasteiger partial charge < -0.3 is 5.32 Å². The molecule has 0 atom stereocenters. The molecule has 0 radical (unpaired) electrons. The van der Waals surface area contributed by atoms with Crippen molar-refractivity contribution in [2.75, 3.05) is 5.32 Å². The Hall–Kier alpha value is -3.92. The van der Waals surface area contributed by atoms with Crippen molar-refractivity contribution in [2.24, 2.45) is 0 Å². The van der Waals surface area contributed by atoms with Gasteiger partial charge in [-0.3, -0.25) is 14.2 Å². The molecule has 1 aromatic heterocycles. The van der Waals surface area contributed by atoms with Gasteiger partial charge in [-0.2, -0.15) is 5.26 Å². The van der Waals surface area contributed by atoms with Crippen molar-refractivity contribution in [3.05, 3.63) is 115 Å². The van der Waals surface area contributed by atoms with Gasteiger partial charge in [0, 0.05) is 10.7 Å². The van der Waals surface area contributed by atoms with E-state index in [0.29, 0.717) is 26.5 Å². The van der Waals surface area contributed by atoms with Gasteiger partial charge in [0.25, 0.3) is 11.5 Å². The van der Waals surface area contributed by atoms with E-state index in [-0.39, 0.29) is 15.8 Å². The van der Waals surface area contributed by atoms with Crippen LogP contribution in [0.4, 0.5) is 5.69 Å². The lowest BCUT2D eigenvalue weighted by molar-refractivity contribution is -0.111. The molecule has 7 heteroatoms. The third-order valence-corrected chi connectivity index (χ3v) is 6.05. The number of nitrogens with zero attached hydrogens (tertiary/aromatic N) is 2. The molecule has 3 aromatic carbocycles. The summed E-state index contributed by atoms with van der Waals surface area (Å²) in [5.74, 6) is -0.589. The number of halogens is 1. The van der Waals surface area contributed by atoms with Crippen molar-refractivity contribution in [3.8, 4) is 11.8 Å². The molecule has 1 amide bonds. The smallest absolute Gasteiger partial charge is 0.273 e. The fourth-order valence-corrected chi connectivity index (χ4v) is 4.39. The van der Waals surface area contributed by atoms with Gasteiger partial charge in [0.05, 0.1) is 10.2 Å². The summed E-state index contributed by atoms with van der Waals surface area (Å²) in [7, 11) is 0. The number of para-hydroxylation sites is 2. The SMILES string of the molecule is N#C/C(C(=O)Nc1ccccc1)=c1\s/c(=C/c2ccccc2Cl)c(=O)n1-c1ccccc1. The first-order valence-corrected chi connectivity index (χ1v) is 10.8. The van der Waals surface area contributed by atoms with E-state index in [1.807, 2.05) is 24.3 Å². The molecule has 0 spiro atoms. The molecule has 0 saturated carbocycles. The molecule has 4 aromatic rings. The Kier molecular flexibility index (Phi) is 6.31. The maximum absolute atomic E-state index is 13.4. The van der Waals surface area contributed by atoms with Crippen molar-refractivity contribution in [1.29, 1.82) is 5.26 Å². The molecule has 0 fully saturated rings. The highest BCUT2D eigenvalue weighted by molar-refractivity contribution is 7.07. The Balaban J connectivity index is 1.98. The molecule has 0 aliphatic rings. The van der Waals surface area contributed by atoms with Crippen LogP contribution in [0.5, 0.6) is 0 Å². The molecule has 1 N–H and O–H groups in total. The number of thiazole rings is 1. The van der Waals surface area contributed by atoms with Crippen LogP contribution >= 0.6 is 22.9 Å². The largest absolute Gasteiger partial charge is 0.321 e. The molecule has 0 saturated heterocycles. The number of hydrogen-bond acceptors (Lipinski definition) is 4. The Morgan fingerprint density at radius 1 is 0.969 bits per heavy atom. The van der Waals surface area contributed by atoms with E-state index in [1.165, 1.54) is 4.57 Å². The number of carbonyl (C=O) groups is 1. The van der Waals surface area contributed by atoms with E-state index < -0.39 is 5.91 Å². The highest BCUT2D eigenvalue weighted by Gasteiger charge is 2.17. The second-order valence-corrected chi connectivity index (χ2v) is 8.16. The molecular weight excluding hydrogens is 442 g/mol. The third-order valence-electron chi connectivity index (χ3n) is 4.61. The first kappa shape index (κ1) is 21.3. The summed E-state index contributed by atoms with van der Waals surface area (Å²) in [6.45, 7) is 0. The molecule has 5 nitrogen and oxygen atoms in total. The van der Waals surface area contributed by atoms with E-state index in [4.69, 9.17) is 11.6 Å². The number of nitrogens with one attached hydrogen (secondary N) is 1. The summed E-state index contributed by atoms with van der Waals surface area (Å²) in [4.78, 5) is 26.3. The molecule has 0 unspecified atom stereocenters. The van der Waals surface area contributed by atoms with E-state index in [2.05, 4.69) is 5.32 Å². The summed E-state index contributed by atoms with van der Waals surface area (Å²) >= 11 is 7.34. The molecule has 0 aliphatic carbocycles. The number of carbonyl (C=O) groups excluding carboxylic acids is 1. The van der Waals surface area contributed by atoms with Crippen LogP contribution in [0.1, 0.15) is 5.56 Å². The fourth-order valence-electron chi connectivity index (χ4n) is 3.11. The lowest BCUT2D eigenvalue weighted by Crippen LogP contribution is -2.32. The van der Waals surface area contributed by atoms with Crippen LogP contribution in [0.15, 0.2) is 89.7 Å². The maximum Gasteiger partial charge on any atom is 0.273 e. The minimum absolute atomic E-state index is 0.154. The summed E-state index contributed by atoms with van der Waals surface area (Å²) in [6, 6.07) is 26.9. The lowest BCUT2D eigenvalue weighted by Gasteiger charge is -2.05. The number of amides is 1. The van der Waals surface area contributed by atoms with E-state index in [0.717, 1.165) is 11.3 Å². The second-order valence-electron chi connectivity index (χ2n) is 6.72. The zero-order chi connectivity index (χ0) is 22.5. The molecule has 32 heavy (non-hydrogen) atoms. The number of anilines is 1. The molecule has 0 bridgehead atoms. The Labute approximate surface area is 192 Å². The molecule has 1 heterocycles. The van der Waals surface area contributed by atoms with Crippen LogP contribution in [-0.2, 0) is 4.79 Å². The van der Waals surface area contributed by atoms with Crippen molar-refractivity contribution < 1.29 is 4.79 Å². The van der Waals surface area contributed by atoms with Crippen molar-refractivity contribution in [3.63, 3.8) is 0 Å². The minimum atomic E-state index is -0.589. The highest BCUT2D eigenvalue weighted by Crippen LogP contribution is 2.15. The van der Waals surface area contributed by atoms with Crippen LogP contribution in [0.2, 0.25) is 5.02 Å². The van der Waals surface area contributed by atoms with Gasteiger partial charge in [0.1, 0.15) is 10.7 Å². The summed E-state index contributed by atoms with van der Waals surface area (Å²) < 4.78 is 1.99. The van der Waals surface area contributed by atoms with Crippen LogP contribution < -0.4 is 20.1 Å². The molecule has 4 rings (SSSR count). The lowest BCUT2D eigenvalue weighted by atomic mass is 10.2. The number of aromatic nitrogens is 1. The normalized spacial score (nSPS) is 12.2. The average Bonchev–Trinajstić information content (AvgIpc) is 3.12. The van der Waals surface area contributed by atoms with Crippen LogP contribution in [0.3, 0.4) is 0 Å². The Morgan fingerprint density at radius 3 is 2.25 bits per heavy atom. The zero-order valence-corrected chi connectivity index (χ0v) is 18.2. The summed E-state index contributed by atoms with van der Waals surface area (Å²) in [5.41, 5.74) is 1.29. The standard InChI is InChI=1S/C25H16ClN3O2S/c26-21-14-8-7-9-17(21)15-22-24(31)29(19-12-5-2-6-13-19)25(32-22)20(16-27)23(30)28-18-10-3-1-4-11-18/h1-15H,(H,28,30)/b22-15+,25-20+. The van der Waals surface area contributed by atoms with Crippen LogP contribution in [0.25, 0.3) is 17.3 Å². The van der Waals surface area contributed by atoms with Gasteiger partial charge in [0.2, 0.25) is 0 Å². The van der Waals surface area contributed by atoms with E-state index >= 15 is 0 Å². The van der Waals surface area contributed by atoms with Gasteiger partial charge in [-0.25, -0.2) is 0 Å². The van der Waals surface area contributed by atoms with Gasteiger partial charge in [-0.1, -0.05) is 66.2 Å². The van der Waals surface area contributed by atoms with Gasteiger partial charge in [-0.15, -0.1) is 11.3 Å². The predicted molar refractivity (Wildman–Crippen MR) is 128 cm³/mol.